The van der Waals surface area contributed by atoms with Crippen LogP contribution >= 0.6 is 11.3 Å². The molecule has 0 saturated heterocycles. The first-order valence-corrected chi connectivity index (χ1v) is 19.3. The zero-order chi connectivity index (χ0) is 35.3. The summed E-state index contributed by atoms with van der Waals surface area (Å²) in [5, 5.41) is 6.23. The number of fused-ring (bicyclic) bond motifs is 9. The van der Waals surface area contributed by atoms with Crippen LogP contribution in [-0.4, -0.2) is 19.5 Å². The third-order valence-corrected chi connectivity index (χ3v) is 12.4. The number of hydrogen-bond acceptors (Lipinski definition) is 4. The molecule has 10 aromatic rings. The van der Waals surface area contributed by atoms with E-state index in [9.17, 15) is 0 Å². The van der Waals surface area contributed by atoms with E-state index in [-0.39, 0.29) is 0 Å². The van der Waals surface area contributed by atoms with Gasteiger partial charge < -0.3 is 4.57 Å². The maximum absolute atomic E-state index is 5.40. The molecule has 0 aliphatic heterocycles. The standard InChI is InChI=1S/C49H30N4S/c1-3-13-30(14-4-1)47-50-48(35-22-11-25-41-45(35)34-19-7-8-24-40(34)53(41)31-17-5-2-6-18-31)52-49(51-47)36-23-12-26-42-46(36)39-27-37-32-20-9-15-29-16-10-21-33(44(29)32)38(37)28-43(39)54-42/h1-7,9-23,25-28H,8,24H2. The first-order valence-electron chi connectivity index (χ1n) is 18.5. The smallest absolute Gasteiger partial charge is 0.164 e. The van der Waals surface area contributed by atoms with Gasteiger partial charge in [-0.1, -0.05) is 121 Å². The summed E-state index contributed by atoms with van der Waals surface area (Å²) >= 11 is 1.84. The third kappa shape index (κ3) is 4.27. The Morgan fingerprint density at radius 3 is 1.93 bits per heavy atom. The highest BCUT2D eigenvalue weighted by Gasteiger charge is 2.26. The molecular formula is C49H30N4S. The monoisotopic (exact) mass is 706 g/mol. The summed E-state index contributed by atoms with van der Waals surface area (Å²) in [6, 6.07) is 52.2. The molecule has 2 aliphatic rings. The quantitative estimate of drug-likeness (QED) is 0.183. The second-order valence-corrected chi connectivity index (χ2v) is 15.3. The Bertz CT molecular complexity index is 3200. The van der Waals surface area contributed by atoms with E-state index in [1.165, 1.54) is 75.5 Å². The lowest BCUT2D eigenvalue weighted by Crippen LogP contribution is -2.02. The molecule has 54 heavy (non-hydrogen) atoms. The van der Waals surface area contributed by atoms with Crippen LogP contribution < -0.4 is 0 Å². The summed E-state index contributed by atoms with van der Waals surface area (Å²) in [6.45, 7) is 0. The molecule has 0 atom stereocenters. The molecule has 0 amide bonds. The van der Waals surface area contributed by atoms with Gasteiger partial charge in [-0.3, -0.25) is 0 Å². The SMILES string of the molecule is C1=Cc2c(n(-c3ccccc3)c3cccc(-c4nc(-c5ccccc5)nc(-c5cccc6sc7cc8c(cc7c56)-c5cccc6cccc-8c56)n4)c23)CC1. The number of hydrogen-bond donors (Lipinski definition) is 0. The van der Waals surface area contributed by atoms with E-state index in [1.54, 1.807) is 0 Å². The van der Waals surface area contributed by atoms with E-state index < -0.39 is 0 Å². The Kier molecular flexibility index (Phi) is 6.30. The molecule has 0 spiro atoms. The van der Waals surface area contributed by atoms with E-state index in [2.05, 4.69) is 144 Å². The predicted octanol–water partition coefficient (Wildman–Crippen LogP) is 12.9. The zero-order valence-electron chi connectivity index (χ0n) is 29.1. The van der Waals surface area contributed by atoms with Crippen LogP contribution in [0.15, 0.2) is 152 Å². The van der Waals surface area contributed by atoms with Gasteiger partial charge in [0, 0.05) is 59.2 Å². The first-order chi connectivity index (χ1) is 26.8. The van der Waals surface area contributed by atoms with Crippen molar-refractivity contribution in [2.75, 3.05) is 0 Å². The lowest BCUT2D eigenvalue weighted by Gasteiger charge is -2.13. The lowest BCUT2D eigenvalue weighted by atomic mass is 9.98. The number of nitrogens with zero attached hydrogens (tertiary/aromatic N) is 4. The highest BCUT2D eigenvalue weighted by atomic mass is 32.1. The molecule has 4 nitrogen and oxygen atoms in total. The van der Waals surface area contributed by atoms with Crippen molar-refractivity contribution in [3.63, 3.8) is 0 Å². The van der Waals surface area contributed by atoms with Crippen LogP contribution in [-0.2, 0) is 6.42 Å². The van der Waals surface area contributed by atoms with Gasteiger partial charge in [-0.2, -0.15) is 0 Å². The molecule has 0 unspecified atom stereocenters. The second-order valence-electron chi connectivity index (χ2n) is 14.2. The average molecular weight is 707 g/mol. The molecule has 3 aromatic heterocycles. The Morgan fingerprint density at radius 1 is 0.500 bits per heavy atom. The molecule has 5 heteroatoms. The average Bonchev–Trinajstić information content (AvgIpc) is 3.89. The summed E-state index contributed by atoms with van der Waals surface area (Å²) in [6.07, 6.45) is 6.58. The van der Waals surface area contributed by atoms with Crippen molar-refractivity contribution >= 4 is 59.3 Å². The molecule has 252 valence electrons. The Balaban J connectivity index is 1.12. The lowest BCUT2D eigenvalue weighted by molar-refractivity contribution is 0.888. The fourth-order valence-corrected chi connectivity index (χ4v) is 10.1. The second kappa shape index (κ2) is 11.4. The largest absolute Gasteiger partial charge is 0.313 e. The van der Waals surface area contributed by atoms with E-state index in [0.29, 0.717) is 17.5 Å². The maximum Gasteiger partial charge on any atom is 0.164 e. The molecule has 0 bridgehead atoms. The Morgan fingerprint density at radius 2 is 1.15 bits per heavy atom. The van der Waals surface area contributed by atoms with Gasteiger partial charge in [0.05, 0.1) is 5.52 Å². The Hall–Kier alpha value is -6.69. The van der Waals surface area contributed by atoms with Crippen LogP contribution in [0, 0.1) is 0 Å². The minimum Gasteiger partial charge on any atom is -0.313 e. The molecule has 0 fully saturated rings. The van der Waals surface area contributed by atoms with Crippen molar-refractivity contribution in [3.8, 4) is 62.1 Å². The van der Waals surface area contributed by atoms with E-state index in [0.717, 1.165) is 35.0 Å². The van der Waals surface area contributed by atoms with E-state index in [4.69, 9.17) is 15.0 Å². The minimum absolute atomic E-state index is 0.666. The number of thiophene rings is 1. The number of para-hydroxylation sites is 1. The molecule has 3 heterocycles. The van der Waals surface area contributed by atoms with Gasteiger partial charge in [0.1, 0.15) is 0 Å². The van der Waals surface area contributed by atoms with Crippen molar-refractivity contribution in [2.45, 2.75) is 12.8 Å². The highest BCUT2D eigenvalue weighted by molar-refractivity contribution is 7.26. The number of rotatable bonds is 4. The van der Waals surface area contributed by atoms with E-state index >= 15 is 0 Å². The summed E-state index contributed by atoms with van der Waals surface area (Å²) in [5.74, 6) is 2.02. The minimum atomic E-state index is 0.666. The van der Waals surface area contributed by atoms with Crippen LogP contribution in [0.2, 0.25) is 0 Å². The van der Waals surface area contributed by atoms with Crippen LogP contribution in [0.5, 0.6) is 0 Å². The van der Waals surface area contributed by atoms with Gasteiger partial charge in [-0.05, 0) is 82.3 Å². The van der Waals surface area contributed by atoms with Gasteiger partial charge in [0.15, 0.2) is 17.5 Å². The van der Waals surface area contributed by atoms with Gasteiger partial charge in [0.2, 0.25) is 0 Å². The van der Waals surface area contributed by atoms with Crippen molar-refractivity contribution in [2.24, 2.45) is 0 Å². The molecule has 2 aliphatic carbocycles. The fourth-order valence-electron chi connectivity index (χ4n) is 8.95. The summed E-state index contributed by atoms with van der Waals surface area (Å²) in [5.41, 5.74) is 13.1. The number of aromatic nitrogens is 4. The highest BCUT2D eigenvalue weighted by Crippen LogP contribution is 2.51. The Labute approximate surface area is 315 Å². The van der Waals surface area contributed by atoms with Crippen molar-refractivity contribution in [3.05, 3.63) is 163 Å². The first kappa shape index (κ1) is 29.8. The van der Waals surface area contributed by atoms with Crippen molar-refractivity contribution in [1.82, 2.24) is 19.5 Å². The van der Waals surface area contributed by atoms with E-state index in [1.807, 2.05) is 29.5 Å². The van der Waals surface area contributed by atoms with Crippen molar-refractivity contribution < 1.29 is 0 Å². The fraction of sp³-hybridized carbons (Fsp3) is 0.0408. The summed E-state index contributed by atoms with van der Waals surface area (Å²) < 4.78 is 4.92. The molecule has 12 rings (SSSR count). The van der Waals surface area contributed by atoms with Crippen LogP contribution in [0.3, 0.4) is 0 Å². The topological polar surface area (TPSA) is 43.6 Å². The van der Waals surface area contributed by atoms with Gasteiger partial charge in [0.25, 0.3) is 0 Å². The maximum atomic E-state index is 5.40. The predicted molar refractivity (Wildman–Crippen MR) is 225 cm³/mol. The molecule has 0 saturated carbocycles. The van der Waals surface area contributed by atoms with Crippen LogP contribution in [0.4, 0.5) is 0 Å². The number of benzene rings is 7. The molecular weight excluding hydrogens is 677 g/mol. The zero-order valence-corrected chi connectivity index (χ0v) is 29.9. The molecule has 7 aromatic carbocycles. The van der Waals surface area contributed by atoms with Gasteiger partial charge in [-0.25, -0.2) is 15.0 Å². The third-order valence-electron chi connectivity index (χ3n) is 11.2. The molecule has 0 radical (unpaired) electrons. The van der Waals surface area contributed by atoms with Crippen LogP contribution in [0.1, 0.15) is 17.7 Å². The number of allylic oxidation sites excluding steroid dienone is 1. The normalized spacial score (nSPS) is 13.0. The van der Waals surface area contributed by atoms with Gasteiger partial charge >= 0.3 is 0 Å². The summed E-state index contributed by atoms with van der Waals surface area (Å²) in [7, 11) is 0. The van der Waals surface area contributed by atoms with Gasteiger partial charge in [-0.15, -0.1) is 11.3 Å². The van der Waals surface area contributed by atoms with Crippen molar-refractivity contribution in [1.29, 1.82) is 0 Å². The molecule has 0 N–H and O–H groups in total. The van der Waals surface area contributed by atoms with Crippen LogP contribution in [0.25, 0.3) is 110 Å². The summed E-state index contributed by atoms with van der Waals surface area (Å²) in [4.78, 5) is 15.9.